The van der Waals surface area contributed by atoms with E-state index in [0.717, 1.165) is 18.2 Å². The van der Waals surface area contributed by atoms with Crippen LogP contribution in [-0.4, -0.2) is 42.9 Å². The third-order valence-corrected chi connectivity index (χ3v) is 2.85. The second-order valence-corrected chi connectivity index (χ2v) is 4.09. The van der Waals surface area contributed by atoms with Crippen molar-refractivity contribution in [3.8, 4) is 0 Å². The summed E-state index contributed by atoms with van der Waals surface area (Å²) in [5.74, 6) is -1.12. The summed E-state index contributed by atoms with van der Waals surface area (Å²) in [6, 6.07) is 3.12. The molecule has 1 atom stereocenters. The van der Waals surface area contributed by atoms with Crippen molar-refractivity contribution in [1.82, 2.24) is 4.90 Å². The van der Waals surface area contributed by atoms with E-state index < -0.39 is 17.7 Å². The third kappa shape index (κ3) is 3.21. The molecule has 1 heterocycles. The van der Waals surface area contributed by atoms with E-state index in [1.807, 2.05) is 4.90 Å². The van der Waals surface area contributed by atoms with Crippen LogP contribution < -0.4 is 0 Å². The van der Waals surface area contributed by atoms with Gasteiger partial charge in [0.25, 0.3) is 0 Å². The molecular formula is C12H15F2NO2. The highest BCUT2D eigenvalue weighted by Crippen LogP contribution is 2.19. The average Bonchev–Trinajstić information content (AvgIpc) is 2.33. The summed E-state index contributed by atoms with van der Waals surface area (Å²) in [4.78, 5) is 1.97. The normalized spacial score (nSPS) is 19.2. The minimum atomic E-state index is -1.01. The zero-order valence-electron chi connectivity index (χ0n) is 9.40. The van der Waals surface area contributed by atoms with Crippen LogP contribution in [0.3, 0.4) is 0 Å². The largest absolute Gasteiger partial charge is 0.387 e. The fourth-order valence-corrected chi connectivity index (χ4v) is 1.90. The number of rotatable bonds is 3. The van der Waals surface area contributed by atoms with Gasteiger partial charge in [0.2, 0.25) is 0 Å². The topological polar surface area (TPSA) is 32.7 Å². The van der Waals surface area contributed by atoms with E-state index in [-0.39, 0.29) is 5.56 Å². The van der Waals surface area contributed by atoms with E-state index >= 15 is 0 Å². The maximum absolute atomic E-state index is 13.4. The molecule has 17 heavy (non-hydrogen) atoms. The average molecular weight is 243 g/mol. The van der Waals surface area contributed by atoms with E-state index in [2.05, 4.69) is 0 Å². The first-order chi connectivity index (χ1) is 8.16. The second kappa shape index (κ2) is 5.53. The molecule has 0 radical (unpaired) electrons. The zero-order valence-corrected chi connectivity index (χ0v) is 9.40. The number of halogens is 2. The lowest BCUT2D eigenvalue weighted by Crippen LogP contribution is -2.39. The maximum atomic E-state index is 13.4. The molecule has 0 amide bonds. The minimum absolute atomic E-state index is 0.0106. The Morgan fingerprint density at radius 1 is 1.29 bits per heavy atom. The maximum Gasteiger partial charge on any atom is 0.129 e. The van der Waals surface area contributed by atoms with Gasteiger partial charge >= 0.3 is 0 Å². The molecule has 1 aliphatic heterocycles. The standard InChI is InChI=1S/C12H15F2NO2/c13-9-1-2-11(14)10(7-9)12(16)8-15-3-5-17-6-4-15/h1-2,7,12,16H,3-6,8H2. The molecule has 1 aliphatic rings. The monoisotopic (exact) mass is 243 g/mol. The van der Waals surface area contributed by atoms with Crippen LogP contribution in [0.5, 0.6) is 0 Å². The van der Waals surface area contributed by atoms with Gasteiger partial charge in [-0.1, -0.05) is 0 Å². The molecule has 5 heteroatoms. The lowest BCUT2D eigenvalue weighted by atomic mass is 10.1. The van der Waals surface area contributed by atoms with E-state index in [4.69, 9.17) is 4.74 Å². The van der Waals surface area contributed by atoms with Crippen molar-refractivity contribution in [2.45, 2.75) is 6.10 Å². The number of aliphatic hydroxyl groups is 1. The van der Waals surface area contributed by atoms with Crippen LogP contribution in [0.2, 0.25) is 0 Å². The smallest absolute Gasteiger partial charge is 0.129 e. The van der Waals surface area contributed by atoms with E-state index in [1.165, 1.54) is 0 Å². The Morgan fingerprint density at radius 3 is 2.71 bits per heavy atom. The van der Waals surface area contributed by atoms with Crippen molar-refractivity contribution in [1.29, 1.82) is 0 Å². The van der Waals surface area contributed by atoms with Gasteiger partial charge in [-0.2, -0.15) is 0 Å². The Labute approximate surface area is 98.6 Å². The van der Waals surface area contributed by atoms with Crippen LogP contribution in [0.25, 0.3) is 0 Å². The lowest BCUT2D eigenvalue weighted by molar-refractivity contribution is 0.0136. The van der Waals surface area contributed by atoms with Crippen molar-refractivity contribution < 1.29 is 18.6 Å². The molecule has 0 aliphatic carbocycles. The number of nitrogens with zero attached hydrogens (tertiary/aromatic N) is 1. The van der Waals surface area contributed by atoms with Crippen LogP contribution in [0.1, 0.15) is 11.7 Å². The molecule has 1 fully saturated rings. The van der Waals surface area contributed by atoms with E-state index in [0.29, 0.717) is 32.8 Å². The van der Waals surface area contributed by atoms with E-state index in [9.17, 15) is 13.9 Å². The SMILES string of the molecule is OC(CN1CCOCC1)c1cc(F)ccc1F. The van der Waals surface area contributed by atoms with Crippen molar-refractivity contribution >= 4 is 0 Å². The summed E-state index contributed by atoms with van der Waals surface area (Å²) in [6.07, 6.45) is -1.01. The number of morpholine rings is 1. The molecule has 1 aromatic carbocycles. The van der Waals surface area contributed by atoms with Crippen LogP contribution in [0.4, 0.5) is 8.78 Å². The summed E-state index contributed by atoms with van der Waals surface area (Å²) in [7, 11) is 0. The van der Waals surface area contributed by atoms with Gasteiger partial charge in [0, 0.05) is 25.2 Å². The molecule has 2 rings (SSSR count). The van der Waals surface area contributed by atoms with Crippen molar-refractivity contribution in [3.63, 3.8) is 0 Å². The van der Waals surface area contributed by atoms with Gasteiger partial charge in [0.1, 0.15) is 11.6 Å². The highest BCUT2D eigenvalue weighted by Gasteiger charge is 2.19. The minimum Gasteiger partial charge on any atom is -0.387 e. The van der Waals surface area contributed by atoms with Crippen LogP contribution in [0, 0.1) is 11.6 Å². The summed E-state index contributed by atoms with van der Waals surface area (Å²) < 4.78 is 31.6. The van der Waals surface area contributed by atoms with Crippen LogP contribution in [-0.2, 0) is 4.74 Å². The number of aliphatic hydroxyl groups excluding tert-OH is 1. The number of benzene rings is 1. The Balaban J connectivity index is 2.02. The first kappa shape index (κ1) is 12.4. The lowest BCUT2D eigenvalue weighted by Gasteiger charge is -2.28. The quantitative estimate of drug-likeness (QED) is 0.869. The molecule has 0 spiro atoms. The third-order valence-electron chi connectivity index (χ3n) is 2.85. The van der Waals surface area contributed by atoms with Gasteiger partial charge < -0.3 is 9.84 Å². The molecule has 94 valence electrons. The highest BCUT2D eigenvalue weighted by molar-refractivity contribution is 5.21. The van der Waals surface area contributed by atoms with Gasteiger partial charge in [-0.15, -0.1) is 0 Å². The molecule has 3 nitrogen and oxygen atoms in total. The Bertz CT molecular complexity index is 381. The second-order valence-electron chi connectivity index (χ2n) is 4.09. The van der Waals surface area contributed by atoms with Gasteiger partial charge in [-0.05, 0) is 18.2 Å². The molecule has 0 saturated carbocycles. The fraction of sp³-hybridized carbons (Fsp3) is 0.500. The first-order valence-electron chi connectivity index (χ1n) is 5.60. The Morgan fingerprint density at radius 2 is 2.00 bits per heavy atom. The van der Waals surface area contributed by atoms with Gasteiger partial charge in [0.15, 0.2) is 0 Å². The molecule has 1 unspecified atom stereocenters. The molecular weight excluding hydrogens is 228 g/mol. The van der Waals surface area contributed by atoms with Crippen molar-refractivity contribution in [3.05, 3.63) is 35.4 Å². The predicted octanol–water partition coefficient (Wildman–Crippen LogP) is 1.33. The predicted molar refractivity (Wildman–Crippen MR) is 58.6 cm³/mol. The molecule has 1 aromatic rings. The molecule has 0 bridgehead atoms. The summed E-state index contributed by atoms with van der Waals surface area (Å²) in [6.45, 7) is 2.92. The fourth-order valence-electron chi connectivity index (χ4n) is 1.90. The van der Waals surface area contributed by atoms with Crippen molar-refractivity contribution in [2.24, 2.45) is 0 Å². The van der Waals surface area contributed by atoms with Crippen molar-refractivity contribution in [2.75, 3.05) is 32.8 Å². The van der Waals surface area contributed by atoms with Gasteiger partial charge in [-0.3, -0.25) is 4.90 Å². The summed E-state index contributed by atoms with van der Waals surface area (Å²) >= 11 is 0. The number of β-amino-alcohol motifs (C(OH)–C–C–N with tert-alkyl or cyclic N) is 1. The van der Waals surface area contributed by atoms with Crippen LogP contribution >= 0.6 is 0 Å². The van der Waals surface area contributed by atoms with Gasteiger partial charge in [-0.25, -0.2) is 8.78 Å². The molecule has 0 aromatic heterocycles. The first-order valence-corrected chi connectivity index (χ1v) is 5.60. The number of hydrogen-bond donors (Lipinski definition) is 1. The molecule has 1 N–H and O–H groups in total. The number of ether oxygens (including phenoxy) is 1. The van der Waals surface area contributed by atoms with Crippen LogP contribution in [0.15, 0.2) is 18.2 Å². The Kier molecular flexibility index (Phi) is 4.04. The zero-order chi connectivity index (χ0) is 12.3. The number of hydrogen-bond acceptors (Lipinski definition) is 3. The Hall–Kier alpha value is -1.04. The van der Waals surface area contributed by atoms with E-state index in [1.54, 1.807) is 0 Å². The van der Waals surface area contributed by atoms with Gasteiger partial charge in [0.05, 0.1) is 19.3 Å². The summed E-state index contributed by atoms with van der Waals surface area (Å²) in [5, 5.41) is 9.89. The highest BCUT2D eigenvalue weighted by atomic mass is 19.1. The summed E-state index contributed by atoms with van der Waals surface area (Å²) in [5.41, 5.74) is 0.0106. The molecule has 1 saturated heterocycles.